The summed E-state index contributed by atoms with van der Waals surface area (Å²) >= 11 is 0. The Hall–Kier alpha value is -1.68. The first kappa shape index (κ1) is 11.8. The van der Waals surface area contributed by atoms with Crippen LogP contribution in [0.2, 0.25) is 0 Å². The number of rotatable bonds is 2. The second-order valence-electron chi connectivity index (χ2n) is 4.21. The van der Waals surface area contributed by atoms with Crippen molar-refractivity contribution < 1.29 is 9.63 Å². The number of carbonyl (C=O) groups excluding carboxylic acids is 1. The maximum absolute atomic E-state index is 11.6. The fourth-order valence-corrected chi connectivity index (χ4v) is 1.70. The van der Waals surface area contributed by atoms with E-state index in [1.54, 1.807) is 24.3 Å². The van der Waals surface area contributed by atoms with Gasteiger partial charge in [-0.1, -0.05) is 23.4 Å². The van der Waals surface area contributed by atoms with E-state index in [4.69, 9.17) is 4.84 Å². The molecule has 90 valence electrons. The van der Waals surface area contributed by atoms with Crippen LogP contribution >= 0.6 is 0 Å². The largest absolute Gasteiger partial charge is 0.365 e. The van der Waals surface area contributed by atoms with E-state index in [1.165, 1.54) is 0 Å². The quantitative estimate of drug-likeness (QED) is 0.578. The number of piperidine rings is 1. The van der Waals surface area contributed by atoms with E-state index >= 15 is 0 Å². The van der Waals surface area contributed by atoms with Crippen LogP contribution in [0.3, 0.4) is 0 Å². The molecule has 1 aliphatic rings. The van der Waals surface area contributed by atoms with Gasteiger partial charge in [-0.15, -0.1) is 0 Å². The topological polar surface area (TPSA) is 41.9 Å². The zero-order valence-electron chi connectivity index (χ0n) is 9.93. The molecule has 0 aromatic heterocycles. The molecule has 0 bridgehead atoms. The van der Waals surface area contributed by atoms with Crippen molar-refractivity contribution in [3.63, 3.8) is 0 Å². The molecular weight excluding hydrogens is 216 g/mol. The third kappa shape index (κ3) is 3.39. The summed E-state index contributed by atoms with van der Waals surface area (Å²) in [6, 6.07) is 8.91. The van der Waals surface area contributed by atoms with Gasteiger partial charge >= 0.3 is 5.97 Å². The van der Waals surface area contributed by atoms with Crippen molar-refractivity contribution in [1.29, 1.82) is 0 Å². The number of hydrogen-bond acceptors (Lipinski definition) is 4. The van der Waals surface area contributed by atoms with Gasteiger partial charge in [-0.2, -0.15) is 0 Å². The standard InChI is InChI=1S/C13H16N2O2/c1-15-9-7-12(8-10-15)14-17-13(16)11-5-3-2-4-6-11/h2-6H,7-10H2,1H3. The van der Waals surface area contributed by atoms with Crippen LogP contribution in [0.15, 0.2) is 35.5 Å². The molecule has 1 heterocycles. The van der Waals surface area contributed by atoms with Crippen molar-refractivity contribution in [2.75, 3.05) is 20.1 Å². The van der Waals surface area contributed by atoms with Crippen LogP contribution < -0.4 is 0 Å². The molecule has 4 nitrogen and oxygen atoms in total. The van der Waals surface area contributed by atoms with E-state index in [0.717, 1.165) is 31.6 Å². The molecule has 0 atom stereocenters. The molecule has 0 spiro atoms. The summed E-state index contributed by atoms with van der Waals surface area (Å²) in [5.41, 5.74) is 1.50. The fourth-order valence-electron chi connectivity index (χ4n) is 1.70. The van der Waals surface area contributed by atoms with Gasteiger partial charge in [-0.3, -0.25) is 0 Å². The lowest BCUT2D eigenvalue weighted by atomic mass is 10.1. The summed E-state index contributed by atoms with van der Waals surface area (Å²) in [4.78, 5) is 18.8. The van der Waals surface area contributed by atoms with Crippen molar-refractivity contribution in [3.8, 4) is 0 Å². The van der Waals surface area contributed by atoms with Crippen LogP contribution in [0.1, 0.15) is 23.2 Å². The molecule has 1 fully saturated rings. The highest BCUT2D eigenvalue weighted by molar-refractivity contribution is 5.91. The molecule has 4 heteroatoms. The molecule has 1 aromatic rings. The van der Waals surface area contributed by atoms with Gasteiger partial charge in [0, 0.05) is 25.9 Å². The SMILES string of the molecule is CN1CCC(=NOC(=O)c2ccccc2)CC1. The monoisotopic (exact) mass is 232 g/mol. The van der Waals surface area contributed by atoms with Gasteiger partial charge in [-0.05, 0) is 19.2 Å². The second kappa shape index (κ2) is 5.59. The van der Waals surface area contributed by atoms with Crippen LogP contribution in [-0.4, -0.2) is 36.7 Å². The Bertz CT molecular complexity index is 405. The average Bonchev–Trinajstić information content (AvgIpc) is 2.39. The van der Waals surface area contributed by atoms with E-state index in [2.05, 4.69) is 17.1 Å². The maximum Gasteiger partial charge on any atom is 0.365 e. The Morgan fingerprint density at radius 2 is 1.88 bits per heavy atom. The van der Waals surface area contributed by atoms with Gasteiger partial charge in [0.1, 0.15) is 0 Å². The highest BCUT2D eigenvalue weighted by Gasteiger charge is 2.13. The van der Waals surface area contributed by atoms with E-state index in [1.807, 2.05) is 6.07 Å². The molecule has 0 aliphatic carbocycles. The summed E-state index contributed by atoms with van der Waals surface area (Å²) in [5, 5.41) is 3.93. The first-order chi connectivity index (χ1) is 8.25. The summed E-state index contributed by atoms with van der Waals surface area (Å²) in [7, 11) is 2.08. The second-order valence-corrected chi connectivity index (χ2v) is 4.21. The molecule has 0 radical (unpaired) electrons. The molecular formula is C13H16N2O2. The van der Waals surface area contributed by atoms with Crippen molar-refractivity contribution in [2.24, 2.45) is 5.16 Å². The minimum atomic E-state index is -0.392. The van der Waals surface area contributed by atoms with Gasteiger partial charge in [-0.25, -0.2) is 4.79 Å². The molecule has 2 rings (SSSR count). The van der Waals surface area contributed by atoms with E-state index in [-0.39, 0.29) is 0 Å². The Morgan fingerprint density at radius 1 is 1.24 bits per heavy atom. The van der Waals surface area contributed by atoms with E-state index in [0.29, 0.717) is 5.56 Å². The van der Waals surface area contributed by atoms with Crippen molar-refractivity contribution >= 4 is 11.7 Å². The Kier molecular flexibility index (Phi) is 3.88. The first-order valence-corrected chi connectivity index (χ1v) is 5.76. The summed E-state index contributed by atoms with van der Waals surface area (Å²) < 4.78 is 0. The van der Waals surface area contributed by atoms with Crippen molar-refractivity contribution in [3.05, 3.63) is 35.9 Å². The lowest BCUT2D eigenvalue weighted by Crippen LogP contribution is -2.30. The van der Waals surface area contributed by atoms with Crippen LogP contribution in [0.4, 0.5) is 0 Å². The Balaban J connectivity index is 1.90. The number of benzene rings is 1. The lowest BCUT2D eigenvalue weighted by molar-refractivity contribution is 0.0512. The molecule has 17 heavy (non-hydrogen) atoms. The van der Waals surface area contributed by atoms with Gasteiger partial charge in [0.25, 0.3) is 0 Å². The van der Waals surface area contributed by atoms with Crippen molar-refractivity contribution in [2.45, 2.75) is 12.8 Å². The summed E-state index contributed by atoms with van der Waals surface area (Å²) in [6.45, 7) is 1.95. The molecule has 0 N–H and O–H groups in total. The number of likely N-dealkylation sites (tertiary alicyclic amines) is 1. The summed E-state index contributed by atoms with van der Waals surface area (Å²) in [5.74, 6) is -0.392. The third-order valence-corrected chi connectivity index (χ3v) is 2.83. The molecule has 1 saturated heterocycles. The van der Waals surface area contributed by atoms with Gasteiger partial charge < -0.3 is 9.74 Å². The maximum atomic E-state index is 11.6. The normalized spacial score (nSPS) is 16.6. The molecule has 1 aromatic carbocycles. The number of carbonyl (C=O) groups is 1. The summed E-state index contributed by atoms with van der Waals surface area (Å²) in [6.07, 6.45) is 1.75. The first-order valence-electron chi connectivity index (χ1n) is 5.76. The van der Waals surface area contributed by atoms with Crippen LogP contribution in [0, 0.1) is 0 Å². The Labute approximate surface area is 101 Å². The van der Waals surface area contributed by atoms with Gasteiger partial charge in [0.05, 0.1) is 11.3 Å². The minimum absolute atomic E-state index is 0.392. The minimum Gasteiger partial charge on any atom is -0.313 e. The number of hydrogen-bond donors (Lipinski definition) is 0. The van der Waals surface area contributed by atoms with Crippen LogP contribution in [-0.2, 0) is 4.84 Å². The highest BCUT2D eigenvalue weighted by atomic mass is 16.7. The molecule has 0 saturated carbocycles. The Morgan fingerprint density at radius 3 is 2.53 bits per heavy atom. The van der Waals surface area contributed by atoms with E-state index in [9.17, 15) is 4.79 Å². The highest BCUT2D eigenvalue weighted by Crippen LogP contribution is 2.07. The predicted molar refractivity (Wildman–Crippen MR) is 66.0 cm³/mol. The third-order valence-electron chi connectivity index (χ3n) is 2.83. The zero-order chi connectivity index (χ0) is 12.1. The molecule has 0 amide bonds. The molecule has 1 aliphatic heterocycles. The average molecular weight is 232 g/mol. The van der Waals surface area contributed by atoms with Gasteiger partial charge in [0.15, 0.2) is 0 Å². The zero-order valence-corrected chi connectivity index (χ0v) is 9.93. The smallest absolute Gasteiger partial charge is 0.313 e. The number of nitrogens with zero attached hydrogens (tertiary/aromatic N) is 2. The van der Waals surface area contributed by atoms with Crippen LogP contribution in [0.25, 0.3) is 0 Å². The van der Waals surface area contributed by atoms with Crippen LogP contribution in [0.5, 0.6) is 0 Å². The lowest BCUT2D eigenvalue weighted by Gasteiger charge is -2.22. The van der Waals surface area contributed by atoms with Crippen molar-refractivity contribution in [1.82, 2.24) is 4.90 Å². The number of oxime groups is 1. The fraction of sp³-hybridized carbons (Fsp3) is 0.385. The van der Waals surface area contributed by atoms with E-state index < -0.39 is 5.97 Å². The van der Waals surface area contributed by atoms with Gasteiger partial charge in [0.2, 0.25) is 0 Å². The molecule has 0 unspecified atom stereocenters. The predicted octanol–water partition coefficient (Wildman–Crippen LogP) is 1.93.